The number of benzene rings is 1. The van der Waals surface area contributed by atoms with Crippen LogP contribution in [0.1, 0.15) is 60.1 Å². The smallest absolute Gasteiger partial charge is 0.341 e. The number of hydrogen-bond donors (Lipinski definition) is 1. The van der Waals surface area contributed by atoms with Crippen LogP contribution in [-0.2, 0) is 22.5 Å². The van der Waals surface area contributed by atoms with Gasteiger partial charge in [-0.3, -0.25) is 4.79 Å². The minimum absolute atomic E-state index is 0.180. The number of esters is 1. The number of ether oxygens (including phenoxy) is 1. The molecule has 1 saturated carbocycles. The summed E-state index contributed by atoms with van der Waals surface area (Å²) in [6, 6.07) is 9.68. The highest BCUT2D eigenvalue weighted by molar-refractivity contribution is 7.99. The number of carbonyl (C=O) groups excluding carboxylic acids is 2. The van der Waals surface area contributed by atoms with Crippen LogP contribution in [0.25, 0.3) is 11.1 Å². The number of nitrogens with one attached hydrogen (secondary N) is 1. The number of aromatic nitrogens is 3. The molecule has 1 aliphatic rings. The normalized spacial score (nSPS) is 14.1. The summed E-state index contributed by atoms with van der Waals surface area (Å²) in [4.78, 5) is 26.5. The van der Waals surface area contributed by atoms with Crippen molar-refractivity contribution in [3.8, 4) is 11.1 Å². The van der Waals surface area contributed by atoms with Crippen molar-refractivity contribution in [1.82, 2.24) is 14.8 Å². The summed E-state index contributed by atoms with van der Waals surface area (Å²) >= 11 is 2.76. The van der Waals surface area contributed by atoms with Gasteiger partial charge in [0.1, 0.15) is 16.4 Å². The molecule has 7 nitrogen and oxygen atoms in total. The molecule has 0 bridgehead atoms. The number of anilines is 1. The molecule has 0 aliphatic heterocycles. The van der Waals surface area contributed by atoms with Crippen molar-refractivity contribution in [3.05, 3.63) is 46.6 Å². The third kappa shape index (κ3) is 5.95. The van der Waals surface area contributed by atoms with Gasteiger partial charge in [-0.25, -0.2) is 4.79 Å². The number of methoxy groups -OCH3 is 1. The Morgan fingerprint density at radius 3 is 2.60 bits per heavy atom. The second-order valence-corrected chi connectivity index (χ2v) is 11.0. The molecular weight excluding hydrogens is 480 g/mol. The summed E-state index contributed by atoms with van der Waals surface area (Å²) in [6.45, 7) is 4.80. The van der Waals surface area contributed by atoms with E-state index >= 15 is 0 Å². The number of thioether (sulfide) groups is 1. The Balaban J connectivity index is 1.46. The first-order valence-corrected chi connectivity index (χ1v) is 13.9. The Kier molecular flexibility index (Phi) is 8.62. The lowest BCUT2D eigenvalue weighted by atomic mass is 9.87. The molecule has 0 unspecified atom stereocenters. The van der Waals surface area contributed by atoms with Crippen molar-refractivity contribution < 1.29 is 14.3 Å². The van der Waals surface area contributed by atoms with Gasteiger partial charge in [0, 0.05) is 23.4 Å². The first-order chi connectivity index (χ1) is 17.0. The number of amides is 1. The van der Waals surface area contributed by atoms with Crippen molar-refractivity contribution in [2.24, 2.45) is 5.92 Å². The zero-order valence-electron chi connectivity index (χ0n) is 20.5. The molecule has 35 heavy (non-hydrogen) atoms. The van der Waals surface area contributed by atoms with Crippen molar-refractivity contribution in [3.63, 3.8) is 0 Å². The maximum absolute atomic E-state index is 12.9. The maximum atomic E-state index is 12.9. The first-order valence-electron chi connectivity index (χ1n) is 12.1. The molecule has 1 aliphatic carbocycles. The molecule has 2 aromatic heterocycles. The first kappa shape index (κ1) is 25.4. The lowest BCUT2D eigenvalue weighted by Crippen LogP contribution is -2.17. The van der Waals surface area contributed by atoms with Gasteiger partial charge in [-0.2, -0.15) is 0 Å². The van der Waals surface area contributed by atoms with E-state index in [9.17, 15) is 9.59 Å². The van der Waals surface area contributed by atoms with Crippen LogP contribution in [0.4, 0.5) is 5.00 Å². The van der Waals surface area contributed by atoms with Gasteiger partial charge in [0.2, 0.25) is 5.91 Å². The van der Waals surface area contributed by atoms with E-state index in [1.54, 1.807) is 0 Å². The van der Waals surface area contributed by atoms with Crippen LogP contribution < -0.4 is 5.32 Å². The molecule has 1 N–H and O–H groups in total. The molecule has 0 radical (unpaired) electrons. The van der Waals surface area contributed by atoms with E-state index < -0.39 is 5.97 Å². The van der Waals surface area contributed by atoms with Gasteiger partial charge in [-0.15, -0.1) is 21.5 Å². The highest BCUT2D eigenvalue weighted by Crippen LogP contribution is 2.40. The number of nitrogens with zero attached hydrogens (tertiary/aromatic N) is 3. The van der Waals surface area contributed by atoms with E-state index in [-0.39, 0.29) is 11.7 Å². The lowest BCUT2D eigenvalue weighted by Gasteiger charge is -2.21. The fraction of sp³-hybridized carbons (Fsp3) is 0.462. The largest absolute Gasteiger partial charge is 0.465 e. The Bertz CT molecular complexity index is 1170. The zero-order valence-corrected chi connectivity index (χ0v) is 22.1. The molecule has 0 atom stereocenters. The zero-order chi connectivity index (χ0) is 24.8. The Hall–Kier alpha value is -2.65. The van der Waals surface area contributed by atoms with Crippen LogP contribution in [0.15, 0.2) is 35.5 Å². The number of aryl methyl sites for hydroxylation is 1. The lowest BCUT2D eigenvalue weighted by molar-refractivity contribution is -0.113. The Morgan fingerprint density at radius 1 is 1.17 bits per heavy atom. The van der Waals surface area contributed by atoms with E-state index in [1.807, 2.05) is 37.3 Å². The molecule has 9 heteroatoms. The molecule has 3 aromatic rings. The van der Waals surface area contributed by atoms with Crippen LogP contribution in [0.3, 0.4) is 0 Å². The second kappa shape index (κ2) is 11.9. The molecule has 1 amide bonds. The van der Waals surface area contributed by atoms with Crippen LogP contribution in [0.2, 0.25) is 0 Å². The molecule has 2 heterocycles. The van der Waals surface area contributed by atoms with Crippen LogP contribution in [-0.4, -0.2) is 39.5 Å². The predicted molar refractivity (Wildman–Crippen MR) is 141 cm³/mol. The fourth-order valence-corrected chi connectivity index (χ4v) is 6.62. The molecule has 1 fully saturated rings. The monoisotopic (exact) mass is 512 g/mol. The van der Waals surface area contributed by atoms with Crippen LogP contribution in [0, 0.1) is 12.8 Å². The Morgan fingerprint density at radius 2 is 1.91 bits per heavy atom. The highest BCUT2D eigenvalue weighted by Gasteiger charge is 2.25. The fourth-order valence-electron chi connectivity index (χ4n) is 4.72. The molecule has 1 aromatic carbocycles. The number of rotatable bonds is 9. The third-order valence-electron chi connectivity index (χ3n) is 6.43. The van der Waals surface area contributed by atoms with Gasteiger partial charge in [0.15, 0.2) is 5.16 Å². The van der Waals surface area contributed by atoms with Gasteiger partial charge in [-0.1, -0.05) is 74.2 Å². The van der Waals surface area contributed by atoms with E-state index in [0.29, 0.717) is 16.5 Å². The molecule has 4 rings (SSSR count). The van der Waals surface area contributed by atoms with Gasteiger partial charge in [-0.05, 0) is 25.3 Å². The second-order valence-electron chi connectivity index (χ2n) is 8.78. The SMILES string of the molecule is CCn1c(CC2CCCCC2)nnc1SCC(=O)Nc1sc(C)c(-c2ccccc2)c1C(=O)OC. The molecule has 186 valence electrons. The number of hydrogen-bond acceptors (Lipinski definition) is 7. The molecule has 0 saturated heterocycles. The summed E-state index contributed by atoms with van der Waals surface area (Å²) in [5.41, 5.74) is 2.10. The van der Waals surface area contributed by atoms with E-state index in [1.165, 1.54) is 62.3 Å². The van der Waals surface area contributed by atoms with Crippen LogP contribution >= 0.6 is 23.1 Å². The van der Waals surface area contributed by atoms with Crippen molar-refractivity contribution in [1.29, 1.82) is 0 Å². The highest BCUT2D eigenvalue weighted by atomic mass is 32.2. The van der Waals surface area contributed by atoms with Crippen LogP contribution in [0.5, 0.6) is 0 Å². The van der Waals surface area contributed by atoms with Crippen molar-refractivity contribution >= 4 is 40.0 Å². The maximum Gasteiger partial charge on any atom is 0.341 e. The Labute approximate surface area is 214 Å². The summed E-state index contributed by atoms with van der Waals surface area (Å²) < 4.78 is 7.17. The summed E-state index contributed by atoms with van der Waals surface area (Å²) in [7, 11) is 1.36. The van der Waals surface area contributed by atoms with E-state index in [4.69, 9.17) is 4.74 Å². The summed E-state index contributed by atoms with van der Waals surface area (Å²) in [6.07, 6.45) is 7.40. The minimum atomic E-state index is -0.464. The molecule has 0 spiro atoms. The minimum Gasteiger partial charge on any atom is -0.465 e. The average molecular weight is 513 g/mol. The van der Waals surface area contributed by atoms with E-state index in [0.717, 1.165) is 40.0 Å². The topological polar surface area (TPSA) is 86.1 Å². The summed E-state index contributed by atoms with van der Waals surface area (Å²) in [5.74, 6) is 1.21. The number of thiophene rings is 1. The van der Waals surface area contributed by atoms with Gasteiger partial charge in [0.05, 0.1) is 12.9 Å². The average Bonchev–Trinajstić information content (AvgIpc) is 3.42. The molecular formula is C26H32N4O3S2. The quantitative estimate of drug-likeness (QED) is 0.281. The third-order valence-corrected chi connectivity index (χ3v) is 8.41. The van der Waals surface area contributed by atoms with Gasteiger partial charge in [0.25, 0.3) is 0 Å². The van der Waals surface area contributed by atoms with Gasteiger partial charge < -0.3 is 14.6 Å². The standard InChI is InChI=1S/C26H32N4O3S2/c1-4-30-20(15-18-11-7-5-8-12-18)28-29-26(30)34-16-21(31)27-24-23(25(32)33-3)22(17(2)35-24)19-13-9-6-10-14-19/h6,9-10,13-14,18H,4-5,7-8,11-12,15-16H2,1-3H3,(H,27,31). The number of carbonyl (C=O) groups is 2. The van der Waals surface area contributed by atoms with E-state index in [2.05, 4.69) is 27.0 Å². The van der Waals surface area contributed by atoms with Gasteiger partial charge >= 0.3 is 5.97 Å². The predicted octanol–water partition coefficient (Wildman–Crippen LogP) is 5.98. The summed E-state index contributed by atoms with van der Waals surface area (Å²) in [5, 5.41) is 13.0. The van der Waals surface area contributed by atoms with Crippen molar-refractivity contribution in [2.45, 2.75) is 64.1 Å². The van der Waals surface area contributed by atoms with Crippen molar-refractivity contribution in [2.75, 3.05) is 18.2 Å².